The number of carbonyl (C=O) groups excluding carboxylic acids is 1. The van der Waals surface area contributed by atoms with E-state index in [9.17, 15) is 4.79 Å². The summed E-state index contributed by atoms with van der Waals surface area (Å²) in [5.41, 5.74) is 0. The van der Waals surface area contributed by atoms with E-state index in [0.717, 1.165) is 32.8 Å². The largest absolute Gasteiger partial charge is 0.379 e. The molecule has 2 aliphatic heterocycles. The number of amides is 1. The summed E-state index contributed by atoms with van der Waals surface area (Å²) in [5.74, 6) is 1.19. The molecule has 17 heavy (non-hydrogen) atoms. The van der Waals surface area contributed by atoms with E-state index in [1.165, 1.54) is 25.7 Å². The first-order chi connectivity index (χ1) is 8.36. The zero-order valence-electron chi connectivity index (χ0n) is 10.4. The van der Waals surface area contributed by atoms with Crippen LogP contribution in [-0.2, 0) is 9.53 Å². The first-order valence-corrected chi connectivity index (χ1v) is 6.95. The van der Waals surface area contributed by atoms with Gasteiger partial charge in [-0.15, -0.1) is 0 Å². The van der Waals surface area contributed by atoms with E-state index in [0.29, 0.717) is 17.9 Å². The number of hydrogen-bond acceptors (Lipinski definition) is 3. The fourth-order valence-electron chi connectivity index (χ4n) is 3.33. The van der Waals surface area contributed by atoms with Crippen LogP contribution >= 0.6 is 0 Å². The third-order valence-electron chi connectivity index (χ3n) is 4.49. The van der Waals surface area contributed by atoms with Crippen LogP contribution in [0.1, 0.15) is 25.7 Å². The Morgan fingerprint density at radius 3 is 2.82 bits per heavy atom. The predicted octanol–water partition coefficient (Wildman–Crippen LogP) is 0.623. The first-order valence-electron chi connectivity index (χ1n) is 6.95. The first kappa shape index (κ1) is 11.5. The van der Waals surface area contributed by atoms with E-state index in [-0.39, 0.29) is 5.92 Å². The van der Waals surface area contributed by atoms with Crippen molar-refractivity contribution in [2.75, 3.05) is 32.8 Å². The molecule has 1 aliphatic carbocycles. The number of rotatable bonds is 1. The molecule has 0 bridgehead atoms. The van der Waals surface area contributed by atoms with Crippen LogP contribution in [0.3, 0.4) is 0 Å². The lowest BCUT2D eigenvalue weighted by atomic mass is 9.83. The van der Waals surface area contributed by atoms with Gasteiger partial charge in [0.2, 0.25) is 5.91 Å². The van der Waals surface area contributed by atoms with Gasteiger partial charge in [0.15, 0.2) is 0 Å². The van der Waals surface area contributed by atoms with Crippen LogP contribution < -0.4 is 5.32 Å². The second kappa shape index (κ2) is 4.94. The van der Waals surface area contributed by atoms with Gasteiger partial charge in [-0.25, -0.2) is 0 Å². The van der Waals surface area contributed by atoms with Gasteiger partial charge in [-0.1, -0.05) is 12.8 Å². The maximum absolute atomic E-state index is 12.4. The molecule has 1 saturated carbocycles. The highest BCUT2D eigenvalue weighted by Gasteiger charge is 2.38. The molecule has 3 fully saturated rings. The summed E-state index contributed by atoms with van der Waals surface area (Å²) in [6.45, 7) is 4.12. The Morgan fingerprint density at radius 1 is 1.24 bits per heavy atom. The summed E-state index contributed by atoms with van der Waals surface area (Å²) >= 11 is 0. The quantitative estimate of drug-likeness (QED) is 0.728. The molecule has 0 aromatic rings. The Kier molecular flexibility index (Phi) is 3.34. The molecular formula is C13H22N2O2. The molecule has 96 valence electrons. The molecule has 2 saturated heterocycles. The number of ether oxygens (including phenoxy) is 1. The van der Waals surface area contributed by atoms with Gasteiger partial charge in [-0.2, -0.15) is 0 Å². The van der Waals surface area contributed by atoms with Gasteiger partial charge >= 0.3 is 0 Å². The Balaban J connectivity index is 1.72. The Labute approximate surface area is 103 Å². The van der Waals surface area contributed by atoms with Crippen LogP contribution in [-0.4, -0.2) is 49.7 Å². The number of hydrogen-bond donors (Lipinski definition) is 1. The van der Waals surface area contributed by atoms with Crippen LogP contribution in [0.4, 0.5) is 0 Å². The van der Waals surface area contributed by atoms with Crippen LogP contribution in [0.15, 0.2) is 0 Å². The minimum absolute atomic E-state index is 0.232. The molecule has 4 nitrogen and oxygen atoms in total. The van der Waals surface area contributed by atoms with Crippen molar-refractivity contribution >= 4 is 5.91 Å². The van der Waals surface area contributed by atoms with E-state index < -0.39 is 0 Å². The standard InChI is InChI=1S/C13H22N2O2/c16-13(11-7-14-8-11)15-5-6-17-9-10-3-1-2-4-12(10)15/h10-12,14H,1-9H2/t10-,12-/m0/s1. The van der Waals surface area contributed by atoms with Crippen molar-refractivity contribution in [3.8, 4) is 0 Å². The minimum Gasteiger partial charge on any atom is -0.379 e. The molecule has 0 aromatic carbocycles. The molecule has 2 heterocycles. The van der Waals surface area contributed by atoms with E-state index in [1.807, 2.05) is 0 Å². The molecule has 0 spiro atoms. The van der Waals surface area contributed by atoms with E-state index in [4.69, 9.17) is 4.74 Å². The van der Waals surface area contributed by atoms with Crippen LogP contribution in [0.2, 0.25) is 0 Å². The van der Waals surface area contributed by atoms with Gasteiger partial charge in [0.25, 0.3) is 0 Å². The monoisotopic (exact) mass is 238 g/mol. The Morgan fingerprint density at radius 2 is 2.06 bits per heavy atom. The topological polar surface area (TPSA) is 41.6 Å². The van der Waals surface area contributed by atoms with Crippen molar-refractivity contribution in [1.29, 1.82) is 0 Å². The van der Waals surface area contributed by atoms with Gasteiger partial charge in [0.05, 0.1) is 19.1 Å². The van der Waals surface area contributed by atoms with Gasteiger partial charge in [0.1, 0.15) is 0 Å². The lowest BCUT2D eigenvalue weighted by Gasteiger charge is -2.40. The average Bonchev–Trinajstić information content (AvgIpc) is 2.48. The SMILES string of the molecule is O=C(C1CNC1)N1CCOC[C@@H]2CCCC[C@@H]21. The summed E-state index contributed by atoms with van der Waals surface area (Å²) in [5, 5.41) is 3.19. The molecule has 1 N–H and O–H groups in total. The molecule has 0 aromatic heterocycles. The molecule has 4 heteroatoms. The minimum atomic E-state index is 0.232. The number of carbonyl (C=O) groups is 1. The van der Waals surface area contributed by atoms with Crippen molar-refractivity contribution < 1.29 is 9.53 Å². The van der Waals surface area contributed by atoms with Crippen LogP contribution in [0.25, 0.3) is 0 Å². The van der Waals surface area contributed by atoms with Crippen LogP contribution in [0.5, 0.6) is 0 Å². The maximum atomic E-state index is 12.4. The van der Waals surface area contributed by atoms with Crippen molar-refractivity contribution in [1.82, 2.24) is 10.2 Å². The Hall–Kier alpha value is -0.610. The lowest BCUT2D eigenvalue weighted by molar-refractivity contribution is -0.140. The Bertz CT molecular complexity index is 291. The molecule has 0 unspecified atom stereocenters. The van der Waals surface area contributed by atoms with Crippen molar-refractivity contribution in [2.24, 2.45) is 11.8 Å². The molecule has 0 radical (unpaired) electrons. The highest BCUT2D eigenvalue weighted by molar-refractivity contribution is 5.80. The van der Waals surface area contributed by atoms with Crippen LogP contribution in [0, 0.1) is 11.8 Å². The zero-order chi connectivity index (χ0) is 11.7. The third-order valence-corrected chi connectivity index (χ3v) is 4.49. The molecule has 1 amide bonds. The lowest BCUT2D eigenvalue weighted by Crippen LogP contribution is -2.56. The van der Waals surface area contributed by atoms with Gasteiger partial charge < -0.3 is 15.0 Å². The molecule has 2 atom stereocenters. The van der Waals surface area contributed by atoms with E-state index in [1.54, 1.807) is 0 Å². The van der Waals surface area contributed by atoms with Crippen molar-refractivity contribution in [2.45, 2.75) is 31.7 Å². The average molecular weight is 238 g/mol. The molecule has 3 rings (SSSR count). The fourth-order valence-corrected chi connectivity index (χ4v) is 3.33. The highest BCUT2D eigenvalue weighted by Crippen LogP contribution is 2.31. The second-order valence-electron chi connectivity index (χ2n) is 5.57. The summed E-state index contributed by atoms with van der Waals surface area (Å²) in [7, 11) is 0. The second-order valence-corrected chi connectivity index (χ2v) is 5.57. The summed E-state index contributed by atoms with van der Waals surface area (Å²) in [6.07, 6.45) is 4.99. The smallest absolute Gasteiger partial charge is 0.228 e. The summed E-state index contributed by atoms with van der Waals surface area (Å²) < 4.78 is 5.67. The normalized spacial score (nSPS) is 34.7. The number of nitrogens with zero attached hydrogens (tertiary/aromatic N) is 1. The molecular weight excluding hydrogens is 216 g/mol. The summed E-state index contributed by atoms with van der Waals surface area (Å²) in [4.78, 5) is 14.6. The zero-order valence-corrected chi connectivity index (χ0v) is 10.4. The van der Waals surface area contributed by atoms with E-state index in [2.05, 4.69) is 10.2 Å². The van der Waals surface area contributed by atoms with Gasteiger partial charge in [-0.3, -0.25) is 4.79 Å². The van der Waals surface area contributed by atoms with E-state index >= 15 is 0 Å². The molecule has 3 aliphatic rings. The fraction of sp³-hybridized carbons (Fsp3) is 0.923. The number of fused-ring (bicyclic) bond motifs is 1. The van der Waals surface area contributed by atoms with Crippen molar-refractivity contribution in [3.63, 3.8) is 0 Å². The predicted molar refractivity (Wildman–Crippen MR) is 64.6 cm³/mol. The maximum Gasteiger partial charge on any atom is 0.228 e. The van der Waals surface area contributed by atoms with Crippen molar-refractivity contribution in [3.05, 3.63) is 0 Å². The number of nitrogens with one attached hydrogen (secondary N) is 1. The highest BCUT2D eigenvalue weighted by atomic mass is 16.5. The van der Waals surface area contributed by atoms with Gasteiger partial charge in [0, 0.05) is 31.6 Å². The third kappa shape index (κ3) is 2.20. The van der Waals surface area contributed by atoms with Gasteiger partial charge in [-0.05, 0) is 12.8 Å². The summed E-state index contributed by atoms with van der Waals surface area (Å²) in [6, 6.07) is 0.458.